The number of rotatable bonds is 4. The van der Waals surface area contributed by atoms with Gasteiger partial charge in [-0.15, -0.1) is 0 Å². The van der Waals surface area contributed by atoms with Crippen LogP contribution in [0.2, 0.25) is 0 Å². The van der Waals surface area contributed by atoms with Crippen LogP contribution in [0.5, 0.6) is 5.88 Å². The predicted octanol–water partition coefficient (Wildman–Crippen LogP) is 0.708. The second kappa shape index (κ2) is 5.81. The Morgan fingerprint density at radius 1 is 1.42 bits per heavy atom. The number of pyridine rings is 2. The van der Waals surface area contributed by atoms with Crippen molar-refractivity contribution in [1.82, 2.24) is 15.3 Å². The van der Waals surface area contributed by atoms with E-state index in [0.29, 0.717) is 12.4 Å². The van der Waals surface area contributed by atoms with Gasteiger partial charge in [0, 0.05) is 25.0 Å². The van der Waals surface area contributed by atoms with Crippen molar-refractivity contribution in [2.45, 2.75) is 6.54 Å². The van der Waals surface area contributed by atoms with Crippen LogP contribution in [0, 0.1) is 0 Å². The lowest BCUT2D eigenvalue weighted by Crippen LogP contribution is -2.28. The monoisotopic (exact) mass is 259 g/mol. The van der Waals surface area contributed by atoms with Gasteiger partial charge in [-0.1, -0.05) is 6.07 Å². The molecule has 1 amide bonds. The molecular weight excluding hydrogens is 246 g/mol. The first kappa shape index (κ1) is 12.8. The summed E-state index contributed by atoms with van der Waals surface area (Å²) < 4.78 is 4.94. The van der Waals surface area contributed by atoms with Crippen molar-refractivity contribution in [3.63, 3.8) is 0 Å². The molecule has 0 spiro atoms. The fourth-order valence-corrected chi connectivity index (χ4v) is 1.51. The second-order valence-electron chi connectivity index (χ2n) is 3.80. The van der Waals surface area contributed by atoms with E-state index < -0.39 is 11.5 Å². The zero-order valence-electron chi connectivity index (χ0n) is 10.3. The second-order valence-corrected chi connectivity index (χ2v) is 3.80. The molecule has 0 aliphatic rings. The smallest absolute Gasteiger partial charge is 0.260 e. The summed E-state index contributed by atoms with van der Waals surface area (Å²) in [5.41, 5.74) is 0.498. The van der Waals surface area contributed by atoms with Crippen molar-refractivity contribution in [3.05, 3.63) is 58.1 Å². The maximum Gasteiger partial charge on any atom is 0.260 e. The van der Waals surface area contributed by atoms with Gasteiger partial charge in [0.2, 0.25) is 5.88 Å². The number of hydrogen-bond donors (Lipinski definition) is 2. The molecule has 19 heavy (non-hydrogen) atoms. The van der Waals surface area contributed by atoms with Gasteiger partial charge in [-0.3, -0.25) is 9.59 Å². The van der Waals surface area contributed by atoms with E-state index in [0.717, 1.165) is 5.56 Å². The summed E-state index contributed by atoms with van der Waals surface area (Å²) in [6.07, 6.45) is 3.08. The molecule has 98 valence electrons. The highest BCUT2D eigenvalue weighted by Gasteiger charge is 2.08. The van der Waals surface area contributed by atoms with E-state index in [4.69, 9.17) is 4.74 Å². The molecular formula is C13H13N3O3. The molecule has 0 saturated heterocycles. The molecule has 2 heterocycles. The molecule has 6 heteroatoms. The van der Waals surface area contributed by atoms with Crippen LogP contribution in [-0.4, -0.2) is 23.0 Å². The molecule has 0 radical (unpaired) electrons. The van der Waals surface area contributed by atoms with Crippen LogP contribution in [0.25, 0.3) is 0 Å². The minimum Gasteiger partial charge on any atom is -0.481 e. The summed E-state index contributed by atoms with van der Waals surface area (Å²) in [5, 5.41) is 2.65. The number of aromatic nitrogens is 2. The van der Waals surface area contributed by atoms with E-state index in [9.17, 15) is 9.59 Å². The maximum absolute atomic E-state index is 11.8. The summed E-state index contributed by atoms with van der Waals surface area (Å²) >= 11 is 0. The first-order valence-electron chi connectivity index (χ1n) is 5.65. The third-order valence-corrected chi connectivity index (χ3v) is 2.52. The normalized spacial score (nSPS) is 9.95. The lowest BCUT2D eigenvalue weighted by molar-refractivity contribution is 0.0949. The standard InChI is InChI=1S/C13H13N3O3/c1-19-11-5-4-9(7-15-11)8-16-13(18)10-3-2-6-14-12(10)17/h2-7H,8H2,1H3,(H,14,17)(H,16,18). The van der Waals surface area contributed by atoms with Crippen molar-refractivity contribution in [1.29, 1.82) is 0 Å². The van der Waals surface area contributed by atoms with Crippen LogP contribution in [0.4, 0.5) is 0 Å². The molecule has 2 rings (SSSR count). The van der Waals surface area contributed by atoms with Gasteiger partial charge in [0.1, 0.15) is 5.56 Å². The Bertz CT molecular complexity index is 620. The van der Waals surface area contributed by atoms with Crippen molar-refractivity contribution in [3.8, 4) is 5.88 Å². The van der Waals surface area contributed by atoms with E-state index in [1.807, 2.05) is 0 Å². The van der Waals surface area contributed by atoms with Crippen molar-refractivity contribution in [2.75, 3.05) is 7.11 Å². The Morgan fingerprint density at radius 3 is 2.89 bits per heavy atom. The first-order chi connectivity index (χ1) is 9.20. The Balaban J connectivity index is 2.00. The lowest BCUT2D eigenvalue weighted by atomic mass is 10.2. The zero-order valence-corrected chi connectivity index (χ0v) is 10.3. The highest BCUT2D eigenvalue weighted by Crippen LogP contribution is 2.06. The number of carbonyl (C=O) groups is 1. The van der Waals surface area contributed by atoms with Gasteiger partial charge < -0.3 is 15.0 Å². The summed E-state index contributed by atoms with van der Waals surface area (Å²) in [6.45, 7) is 0.296. The van der Waals surface area contributed by atoms with Crippen LogP contribution in [0.1, 0.15) is 15.9 Å². The molecule has 2 N–H and O–H groups in total. The Labute approximate surface area is 109 Å². The summed E-state index contributed by atoms with van der Waals surface area (Å²) in [6, 6.07) is 6.57. The van der Waals surface area contributed by atoms with Crippen LogP contribution in [-0.2, 0) is 6.54 Å². The molecule has 0 aliphatic carbocycles. The van der Waals surface area contributed by atoms with Gasteiger partial charge in [0.25, 0.3) is 11.5 Å². The lowest BCUT2D eigenvalue weighted by Gasteiger charge is -2.05. The third kappa shape index (κ3) is 3.19. The summed E-state index contributed by atoms with van der Waals surface area (Å²) in [7, 11) is 1.53. The maximum atomic E-state index is 11.8. The molecule has 2 aromatic heterocycles. The number of carbonyl (C=O) groups excluding carboxylic acids is 1. The molecule has 0 fully saturated rings. The minimum atomic E-state index is -0.419. The van der Waals surface area contributed by atoms with Crippen LogP contribution < -0.4 is 15.6 Å². The summed E-state index contributed by atoms with van der Waals surface area (Å²) in [5.74, 6) is 0.0900. The minimum absolute atomic E-state index is 0.0870. The first-order valence-corrected chi connectivity index (χ1v) is 5.65. The molecule has 0 aromatic carbocycles. The van der Waals surface area contributed by atoms with Crippen LogP contribution >= 0.6 is 0 Å². The van der Waals surface area contributed by atoms with Gasteiger partial charge >= 0.3 is 0 Å². The summed E-state index contributed by atoms with van der Waals surface area (Å²) in [4.78, 5) is 29.7. The number of nitrogens with one attached hydrogen (secondary N) is 2. The fourth-order valence-electron chi connectivity index (χ4n) is 1.51. The average Bonchev–Trinajstić information content (AvgIpc) is 2.46. The predicted molar refractivity (Wildman–Crippen MR) is 69.0 cm³/mol. The average molecular weight is 259 g/mol. The molecule has 2 aromatic rings. The zero-order chi connectivity index (χ0) is 13.7. The van der Waals surface area contributed by atoms with Crippen molar-refractivity contribution >= 4 is 5.91 Å². The van der Waals surface area contributed by atoms with Crippen molar-refractivity contribution in [2.24, 2.45) is 0 Å². The highest BCUT2D eigenvalue weighted by molar-refractivity contribution is 5.93. The molecule has 0 unspecified atom stereocenters. The van der Waals surface area contributed by atoms with E-state index >= 15 is 0 Å². The fraction of sp³-hybridized carbons (Fsp3) is 0.154. The molecule has 0 aliphatic heterocycles. The molecule has 0 bridgehead atoms. The van der Waals surface area contributed by atoms with Gasteiger partial charge in [0.05, 0.1) is 7.11 Å². The Morgan fingerprint density at radius 2 is 2.26 bits per heavy atom. The van der Waals surface area contributed by atoms with Crippen molar-refractivity contribution < 1.29 is 9.53 Å². The molecule has 0 atom stereocenters. The highest BCUT2D eigenvalue weighted by atomic mass is 16.5. The molecule has 6 nitrogen and oxygen atoms in total. The van der Waals surface area contributed by atoms with Gasteiger partial charge in [-0.25, -0.2) is 4.98 Å². The number of nitrogens with zero attached hydrogens (tertiary/aromatic N) is 1. The Kier molecular flexibility index (Phi) is 3.92. The number of amides is 1. The molecule has 0 saturated carbocycles. The number of H-pyrrole nitrogens is 1. The largest absolute Gasteiger partial charge is 0.481 e. The van der Waals surface area contributed by atoms with E-state index in [2.05, 4.69) is 15.3 Å². The van der Waals surface area contributed by atoms with E-state index in [1.165, 1.54) is 19.4 Å². The van der Waals surface area contributed by atoms with Crippen LogP contribution in [0.15, 0.2) is 41.5 Å². The van der Waals surface area contributed by atoms with Crippen LogP contribution in [0.3, 0.4) is 0 Å². The number of methoxy groups -OCH3 is 1. The number of hydrogen-bond acceptors (Lipinski definition) is 4. The van der Waals surface area contributed by atoms with Gasteiger partial charge in [0.15, 0.2) is 0 Å². The number of ether oxygens (including phenoxy) is 1. The third-order valence-electron chi connectivity index (χ3n) is 2.52. The topological polar surface area (TPSA) is 84.1 Å². The SMILES string of the molecule is COc1ccc(CNC(=O)c2ccc[nH]c2=O)cn1. The number of aromatic amines is 1. The van der Waals surface area contributed by atoms with E-state index in [1.54, 1.807) is 24.4 Å². The van der Waals surface area contributed by atoms with Gasteiger partial charge in [-0.2, -0.15) is 0 Å². The van der Waals surface area contributed by atoms with Gasteiger partial charge in [-0.05, 0) is 17.7 Å². The van der Waals surface area contributed by atoms with E-state index in [-0.39, 0.29) is 5.56 Å². The Hall–Kier alpha value is -2.63. The quantitative estimate of drug-likeness (QED) is 0.847.